The quantitative estimate of drug-likeness (QED) is 0.654. The van der Waals surface area contributed by atoms with Crippen LogP contribution in [0, 0.1) is 0 Å². The molecule has 8 nitrogen and oxygen atoms in total. The van der Waals surface area contributed by atoms with Gasteiger partial charge in [0.05, 0.1) is 12.6 Å². The molecule has 4 rings (SSSR count). The third kappa shape index (κ3) is 4.85. The van der Waals surface area contributed by atoms with E-state index in [9.17, 15) is 4.79 Å². The van der Waals surface area contributed by atoms with E-state index in [1.165, 1.54) is 0 Å². The van der Waals surface area contributed by atoms with E-state index >= 15 is 0 Å². The van der Waals surface area contributed by atoms with E-state index in [0.717, 1.165) is 19.4 Å². The standard InChI is InChI=1S/C19H19N5O3.ClH/c25-19(15-7-4-10-20-15)22-12-17-23-18(24-27-17)13-8-9-16(21-11-13)26-14-5-2-1-3-6-14;/h1-3,5-6,8-9,11,15,20H,4,7,10,12H2,(H,22,25);1H. The van der Waals surface area contributed by atoms with Gasteiger partial charge in [0, 0.05) is 17.8 Å². The minimum atomic E-state index is -0.131. The molecule has 1 aliphatic rings. The number of para-hydroxylation sites is 1. The van der Waals surface area contributed by atoms with Crippen molar-refractivity contribution >= 4 is 18.3 Å². The molecule has 0 spiro atoms. The van der Waals surface area contributed by atoms with E-state index in [2.05, 4.69) is 25.8 Å². The zero-order valence-electron chi connectivity index (χ0n) is 15.0. The Morgan fingerprint density at radius 3 is 2.82 bits per heavy atom. The lowest BCUT2D eigenvalue weighted by molar-refractivity contribution is -0.123. The number of aromatic nitrogens is 3. The molecule has 3 aromatic rings. The zero-order chi connectivity index (χ0) is 18.5. The average molecular weight is 402 g/mol. The molecule has 1 fully saturated rings. The molecule has 146 valence electrons. The molecule has 1 aliphatic heterocycles. The van der Waals surface area contributed by atoms with E-state index in [1.807, 2.05) is 30.3 Å². The van der Waals surface area contributed by atoms with Gasteiger partial charge in [0.25, 0.3) is 0 Å². The van der Waals surface area contributed by atoms with Crippen LogP contribution in [-0.2, 0) is 11.3 Å². The Morgan fingerprint density at radius 2 is 2.11 bits per heavy atom. The highest BCUT2D eigenvalue weighted by Gasteiger charge is 2.22. The molecule has 2 aromatic heterocycles. The van der Waals surface area contributed by atoms with Gasteiger partial charge in [-0.1, -0.05) is 23.4 Å². The topological polar surface area (TPSA) is 102 Å². The summed E-state index contributed by atoms with van der Waals surface area (Å²) in [6.45, 7) is 1.08. The maximum Gasteiger partial charge on any atom is 0.246 e. The van der Waals surface area contributed by atoms with Gasteiger partial charge >= 0.3 is 0 Å². The number of benzene rings is 1. The first-order chi connectivity index (χ1) is 13.3. The van der Waals surface area contributed by atoms with Crippen molar-refractivity contribution in [3.63, 3.8) is 0 Å². The Kier molecular flexibility index (Phi) is 6.57. The number of hydrogen-bond acceptors (Lipinski definition) is 7. The molecule has 0 aliphatic carbocycles. The van der Waals surface area contributed by atoms with Crippen molar-refractivity contribution in [1.82, 2.24) is 25.8 Å². The lowest BCUT2D eigenvalue weighted by Crippen LogP contribution is -2.40. The van der Waals surface area contributed by atoms with Crippen molar-refractivity contribution in [2.45, 2.75) is 25.4 Å². The van der Waals surface area contributed by atoms with E-state index < -0.39 is 0 Å². The summed E-state index contributed by atoms with van der Waals surface area (Å²) in [4.78, 5) is 20.6. The molecule has 1 saturated heterocycles. The molecular formula is C19H20ClN5O3. The first-order valence-corrected chi connectivity index (χ1v) is 8.81. The second kappa shape index (κ2) is 9.29. The van der Waals surface area contributed by atoms with Crippen LogP contribution in [0.5, 0.6) is 11.6 Å². The van der Waals surface area contributed by atoms with Crippen LogP contribution in [0.25, 0.3) is 11.4 Å². The highest BCUT2D eigenvalue weighted by Crippen LogP contribution is 2.21. The predicted octanol–water partition coefficient (Wildman–Crippen LogP) is 2.71. The van der Waals surface area contributed by atoms with Gasteiger partial charge in [-0.15, -0.1) is 12.4 Å². The smallest absolute Gasteiger partial charge is 0.246 e. The van der Waals surface area contributed by atoms with Gasteiger partial charge in [-0.05, 0) is 37.6 Å². The lowest BCUT2D eigenvalue weighted by atomic mass is 10.2. The fraction of sp³-hybridized carbons (Fsp3) is 0.263. The van der Waals surface area contributed by atoms with Crippen LogP contribution in [0.3, 0.4) is 0 Å². The molecule has 1 unspecified atom stereocenters. The van der Waals surface area contributed by atoms with Gasteiger partial charge in [-0.3, -0.25) is 4.79 Å². The van der Waals surface area contributed by atoms with E-state index in [-0.39, 0.29) is 30.9 Å². The number of hydrogen-bond donors (Lipinski definition) is 2. The molecule has 9 heteroatoms. The second-order valence-electron chi connectivity index (χ2n) is 6.18. The summed E-state index contributed by atoms with van der Waals surface area (Å²) in [5.74, 6) is 1.91. The molecule has 28 heavy (non-hydrogen) atoms. The van der Waals surface area contributed by atoms with Crippen LogP contribution in [0.1, 0.15) is 18.7 Å². The lowest BCUT2D eigenvalue weighted by Gasteiger charge is -2.08. The van der Waals surface area contributed by atoms with Crippen molar-refractivity contribution in [2.75, 3.05) is 6.54 Å². The molecule has 1 aromatic carbocycles. The molecular weight excluding hydrogens is 382 g/mol. The Labute approximate surface area is 168 Å². The summed E-state index contributed by atoms with van der Waals surface area (Å²) in [6.07, 6.45) is 3.48. The van der Waals surface area contributed by atoms with Crippen molar-refractivity contribution in [3.05, 3.63) is 54.6 Å². The van der Waals surface area contributed by atoms with Crippen LogP contribution < -0.4 is 15.4 Å². The van der Waals surface area contributed by atoms with Crippen LogP contribution >= 0.6 is 12.4 Å². The number of rotatable bonds is 6. The van der Waals surface area contributed by atoms with Gasteiger partial charge in [0.2, 0.25) is 23.5 Å². The van der Waals surface area contributed by atoms with E-state index in [4.69, 9.17) is 9.26 Å². The monoisotopic (exact) mass is 401 g/mol. The van der Waals surface area contributed by atoms with Crippen LogP contribution in [0.2, 0.25) is 0 Å². The Bertz CT molecular complexity index is 895. The maximum atomic E-state index is 12.0. The fourth-order valence-electron chi connectivity index (χ4n) is 2.82. The Hall–Kier alpha value is -2.97. The number of halogens is 1. The van der Waals surface area contributed by atoms with Gasteiger partial charge in [-0.25, -0.2) is 4.98 Å². The minimum Gasteiger partial charge on any atom is -0.439 e. The summed E-state index contributed by atoms with van der Waals surface area (Å²) in [7, 11) is 0. The Morgan fingerprint density at radius 1 is 1.25 bits per heavy atom. The largest absolute Gasteiger partial charge is 0.439 e. The maximum absolute atomic E-state index is 12.0. The average Bonchev–Trinajstić information content (AvgIpc) is 3.40. The van der Waals surface area contributed by atoms with Crippen LogP contribution in [0.4, 0.5) is 0 Å². The number of amides is 1. The summed E-state index contributed by atoms with van der Waals surface area (Å²) in [6, 6.07) is 12.8. The molecule has 0 radical (unpaired) electrons. The normalized spacial score (nSPS) is 15.6. The molecule has 0 saturated carbocycles. The van der Waals surface area contributed by atoms with Crippen LogP contribution in [0.15, 0.2) is 53.2 Å². The second-order valence-corrected chi connectivity index (χ2v) is 6.18. The van der Waals surface area contributed by atoms with Crippen molar-refractivity contribution in [2.24, 2.45) is 0 Å². The summed E-state index contributed by atoms with van der Waals surface area (Å²) < 4.78 is 10.9. The van der Waals surface area contributed by atoms with Gasteiger partial charge in [0.15, 0.2) is 0 Å². The van der Waals surface area contributed by atoms with Gasteiger partial charge in [0.1, 0.15) is 5.75 Å². The zero-order valence-corrected chi connectivity index (χ0v) is 15.8. The molecule has 2 N–H and O–H groups in total. The molecule has 0 bridgehead atoms. The minimum absolute atomic E-state index is 0. The number of carbonyl (C=O) groups is 1. The third-order valence-electron chi connectivity index (χ3n) is 4.22. The molecule has 1 amide bonds. The first-order valence-electron chi connectivity index (χ1n) is 8.81. The van der Waals surface area contributed by atoms with E-state index in [0.29, 0.717) is 28.9 Å². The Balaban J connectivity index is 0.00000225. The SMILES string of the molecule is Cl.O=C(NCc1nc(-c2ccc(Oc3ccccc3)nc2)no1)C1CCCN1. The highest BCUT2D eigenvalue weighted by molar-refractivity contribution is 5.85. The molecule has 3 heterocycles. The van der Waals surface area contributed by atoms with Gasteiger partial charge in [-0.2, -0.15) is 4.98 Å². The van der Waals surface area contributed by atoms with Crippen LogP contribution in [-0.4, -0.2) is 33.6 Å². The number of pyridine rings is 1. The number of nitrogens with one attached hydrogen (secondary N) is 2. The highest BCUT2D eigenvalue weighted by atomic mass is 35.5. The summed E-state index contributed by atoms with van der Waals surface area (Å²) in [5.41, 5.74) is 0.703. The first kappa shape index (κ1) is 19.8. The van der Waals surface area contributed by atoms with Gasteiger partial charge < -0.3 is 19.9 Å². The fourth-order valence-corrected chi connectivity index (χ4v) is 2.82. The number of carbonyl (C=O) groups excluding carboxylic acids is 1. The molecule has 1 atom stereocenters. The van der Waals surface area contributed by atoms with Crippen molar-refractivity contribution in [1.29, 1.82) is 0 Å². The van der Waals surface area contributed by atoms with Crippen molar-refractivity contribution < 1.29 is 14.1 Å². The predicted molar refractivity (Wildman–Crippen MR) is 104 cm³/mol. The van der Waals surface area contributed by atoms with E-state index in [1.54, 1.807) is 18.3 Å². The number of nitrogens with zero attached hydrogens (tertiary/aromatic N) is 3. The third-order valence-corrected chi connectivity index (χ3v) is 4.22. The number of ether oxygens (including phenoxy) is 1. The summed E-state index contributed by atoms with van der Waals surface area (Å²) >= 11 is 0. The summed E-state index contributed by atoms with van der Waals surface area (Å²) in [5, 5.41) is 9.90. The van der Waals surface area contributed by atoms with Crippen molar-refractivity contribution in [3.8, 4) is 23.0 Å².